The fourth-order valence-corrected chi connectivity index (χ4v) is 1.45. The van der Waals surface area contributed by atoms with Gasteiger partial charge >= 0.3 is 0 Å². The summed E-state index contributed by atoms with van der Waals surface area (Å²) in [6.45, 7) is 0. The second-order valence-corrected chi connectivity index (χ2v) is 3.58. The number of aromatic nitrogens is 1. The van der Waals surface area contributed by atoms with Gasteiger partial charge in [-0.2, -0.15) is 0 Å². The Balaban J connectivity index is 2.55. The van der Waals surface area contributed by atoms with Gasteiger partial charge in [-0.25, -0.2) is 13.2 Å². The van der Waals surface area contributed by atoms with Crippen molar-refractivity contribution in [1.82, 2.24) is 4.98 Å². The van der Waals surface area contributed by atoms with Gasteiger partial charge in [0.1, 0.15) is 0 Å². The number of nitrogens with zero attached hydrogens (tertiary/aromatic N) is 1. The van der Waals surface area contributed by atoms with E-state index in [1.165, 1.54) is 18.5 Å². The van der Waals surface area contributed by atoms with Crippen molar-refractivity contribution in [3.05, 3.63) is 53.6 Å². The van der Waals surface area contributed by atoms with Crippen molar-refractivity contribution in [2.24, 2.45) is 5.73 Å². The lowest BCUT2D eigenvalue weighted by Crippen LogP contribution is -2.11. The molecule has 92 valence electrons. The summed E-state index contributed by atoms with van der Waals surface area (Å²) in [6.07, 6.45) is 2.51. The average Bonchev–Trinajstić information content (AvgIpc) is 2.35. The molecule has 1 heterocycles. The number of pyridine rings is 1. The van der Waals surface area contributed by atoms with Crippen LogP contribution < -0.4 is 5.73 Å². The quantitative estimate of drug-likeness (QED) is 0.833. The molecule has 0 saturated heterocycles. The molecule has 0 unspecified atom stereocenters. The van der Waals surface area contributed by atoms with E-state index in [1.54, 1.807) is 0 Å². The summed E-state index contributed by atoms with van der Waals surface area (Å²) in [4.78, 5) is 14.7. The molecule has 2 N–H and O–H groups in total. The SMILES string of the molecule is NC(=O)c1cncc(-c2cc(F)c(F)c(F)c2)c1. The van der Waals surface area contributed by atoms with Crippen LogP contribution in [-0.2, 0) is 0 Å². The third kappa shape index (κ3) is 2.17. The summed E-state index contributed by atoms with van der Waals surface area (Å²) in [5, 5.41) is 0. The Morgan fingerprint density at radius 2 is 1.61 bits per heavy atom. The standard InChI is InChI=1S/C12H7F3N2O/c13-9-2-6(3-10(14)11(9)15)7-1-8(12(16)18)5-17-4-7/h1-5H,(H2,16,18). The fourth-order valence-electron chi connectivity index (χ4n) is 1.45. The van der Waals surface area contributed by atoms with E-state index in [1.807, 2.05) is 0 Å². The van der Waals surface area contributed by atoms with Crippen molar-refractivity contribution in [1.29, 1.82) is 0 Å². The molecular formula is C12H7F3N2O. The summed E-state index contributed by atoms with van der Waals surface area (Å²) in [5.41, 5.74) is 5.49. The van der Waals surface area contributed by atoms with Crippen LogP contribution in [0, 0.1) is 17.5 Å². The molecule has 0 aliphatic heterocycles. The predicted molar refractivity (Wildman–Crippen MR) is 58.1 cm³/mol. The number of hydrogen-bond acceptors (Lipinski definition) is 2. The molecule has 3 nitrogen and oxygen atoms in total. The highest BCUT2D eigenvalue weighted by atomic mass is 19.2. The van der Waals surface area contributed by atoms with Crippen LogP contribution in [0.1, 0.15) is 10.4 Å². The molecule has 0 atom stereocenters. The molecule has 6 heteroatoms. The summed E-state index contributed by atoms with van der Waals surface area (Å²) in [6, 6.07) is 2.96. The Hall–Kier alpha value is -2.37. The Morgan fingerprint density at radius 3 is 2.17 bits per heavy atom. The molecule has 0 spiro atoms. The van der Waals surface area contributed by atoms with E-state index in [0.717, 1.165) is 12.1 Å². The van der Waals surface area contributed by atoms with Gasteiger partial charge < -0.3 is 5.73 Å². The van der Waals surface area contributed by atoms with Gasteiger partial charge in [-0.1, -0.05) is 0 Å². The minimum Gasteiger partial charge on any atom is -0.366 e. The average molecular weight is 252 g/mol. The van der Waals surface area contributed by atoms with E-state index < -0.39 is 23.4 Å². The van der Waals surface area contributed by atoms with Crippen molar-refractivity contribution >= 4 is 5.91 Å². The Labute approximate surface area is 100 Å². The maximum atomic E-state index is 13.1. The van der Waals surface area contributed by atoms with Crippen molar-refractivity contribution in [3.63, 3.8) is 0 Å². The molecule has 1 amide bonds. The van der Waals surface area contributed by atoms with Crippen LogP contribution in [0.5, 0.6) is 0 Å². The van der Waals surface area contributed by atoms with Gasteiger partial charge in [0.15, 0.2) is 17.5 Å². The number of amides is 1. The molecule has 0 radical (unpaired) electrons. The second kappa shape index (κ2) is 4.48. The van der Waals surface area contributed by atoms with Gasteiger partial charge in [0, 0.05) is 18.0 Å². The van der Waals surface area contributed by atoms with Crippen molar-refractivity contribution in [2.45, 2.75) is 0 Å². The normalized spacial score (nSPS) is 10.4. The molecule has 18 heavy (non-hydrogen) atoms. The number of nitrogens with two attached hydrogens (primary N) is 1. The number of carbonyl (C=O) groups is 1. The first kappa shape index (κ1) is 12.1. The molecule has 1 aromatic heterocycles. The van der Waals surface area contributed by atoms with Crippen molar-refractivity contribution in [2.75, 3.05) is 0 Å². The lowest BCUT2D eigenvalue weighted by molar-refractivity contribution is 0.1000. The van der Waals surface area contributed by atoms with Crippen molar-refractivity contribution in [3.8, 4) is 11.1 Å². The topological polar surface area (TPSA) is 56.0 Å². The molecule has 0 saturated carbocycles. The third-order valence-electron chi connectivity index (χ3n) is 2.34. The molecule has 2 rings (SSSR count). The summed E-state index contributed by atoms with van der Waals surface area (Å²) in [5.74, 6) is -4.88. The lowest BCUT2D eigenvalue weighted by Gasteiger charge is -2.04. The number of primary amides is 1. The predicted octanol–water partition coefficient (Wildman–Crippen LogP) is 2.26. The van der Waals surface area contributed by atoms with Crippen LogP contribution in [0.15, 0.2) is 30.6 Å². The van der Waals surface area contributed by atoms with Crippen LogP contribution in [0.2, 0.25) is 0 Å². The maximum absolute atomic E-state index is 13.1. The van der Waals surface area contributed by atoms with Gasteiger partial charge in [0.2, 0.25) is 5.91 Å². The molecule has 2 aromatic rings. The molecule has 0 fully saturated rings. The minimum atomic E-state index is -1.54. The number of rotatable bonds is 2. The number of halogens is 3. The van der Waals surface area contributed by atoms with E-state index in [4.69, 9.17) is 5.73 Å². The highest BCUT2D eigenvalue weighted by Crippen LogP contribution is 2.23. The van der Waals surface area contributed by atoms with Crippen molar-refractivity contribution < 1.29 is 18.0 Å². The molecular weight excluding hydrogens is 245 g/mol. The zero-order valence-electron chi connectivity index (χ0n) is 8.95. The summed E-state index contributed by atoms with van der Waals surface area (Å²) in [7, 11) is 0. The first-order valence-corrected chi connectivity index (χ1v) is 4.89. The number of benzene rings is 1. The van der Waals surface area contributed by atoms with Crippen LogP contribution >= 0.6 is 0 Å². The molecule has 0 aliphatic carbocycles. The summed E-state index contributed by atoms with van der Waals surface area (Å²) < 4.78 is 38.9. The van der Waals surface area contributed by atoms with Gasteiger partial charge in [-0.05, 0) is 23.8 Å². The zero-order valence-corrected chi connectivity index (χ0v) is 8.95. The van der Waals surface area contributed by atoms with Gasteiger partial charge in [0.05, 0.1) is 5.56 Å². The monoisotopic (exact) mass is 252 g/mol. The van der Waals surface area contributed by atoms with E-state index in [-0.39, 0.29) is 16.7 Å². The van der Waals surface area contributed by atoms with E-state index in [2.05, 4.69) is 4.98 Å². The molecule has 0 bridgehead atoms. The smallest absolute Gasteiger partial charge is 0.250 e. The van der Waals surface area contributed by atoms with E-state index >= 15 is 0 Å². The number of carbonyl (C=O) groups excluding carboxylic acids is 1. The van der Waals surface area contributed by atoms with Crippen LogP contribution in [-0.4, -0.2) is 10.9 Å². The first-order chi connectivity index (χ1) is 8.49. The lowest BCUT2D eigenvalue weighted by atomic mass is 10.1. The fraction of sp³-hybridized carbons (Fsp3) is 0. The largest absolute Gasteiger partial charge is 0.366 e. The van der Waals surface area contributed by atoms with Gasteiger partial charge in [0.25, 0.3) is 0 Å². The Bertz CT molecular complexity index is 605. The summed E-state index contributed by atoms with van der Waals surface area (Å²) >= 11 is 0. The van der Waals surface area contributed by atoms with Gasteiger partial charge in [-0.15, -0.1) is 0 Å². The molecule has 1 aromatic carbocycles. The minimum absolute atomic E-state index is 0.0713. The highest BCUT2D eigenvalue weighted by molar-refractivity contribution is 5.93. The Morgan fingerprint density at radius 1 is 1.00 bits per heavy atom. The third-order valence-corrected chi connectivity index (χ3v) is 2.34. The van der Waals surface area contributed by atoms with E-state index in [0.29, 0.717) is 0 Å². The number of hydrogen-bond donors (Lipinski definition) is 1. The van der Waals surface area contributed by atoms with Crippen LogP contribution in [0.25, 0.3) is 11.1 Å². The molecule has 0 aliphatic rings. The second-order valence-electron chi connectivity index (χ2n) is 3.58. The van der Waals surface area contributed by atoms with Gasteiger partial charge in [-0.3, -0.25) is 9.78 Å². The van der Waals surface area contributed by atoms with Crippen LogP contribution in [0.3, 0.4) is 0 Å². The Kier molecular flexibility index (Phi) is 3.01. The maximum Gasteiger partial charge on any atom is 0.250 e. The van der Waals surface area contributed by atoms with E-state index in [9.17, 15) is 18.0 Å². The zero-order chi connectivity index (χ0) is 13.3. The highest BCUT2D eigenvalue weighted by Gasteiger charge is 2.12. The first-order valence-electron chi connectivity index (χ1n) is 4.89. The van der Waals surface area contributed by atoms with Crippen LogP contribution in [0.4, 0.5) is 13.2 Å².